The average Bonchev–Trinajstić information content (AvgIpc) is 2.60. The van der Waals surface area contributed by atoms with Crippen LogP contribution in [0.25, 0.3) is 0 Å². The van der Waals surface area contributed by atoms with Crippen molar-refractivity contribution in [3.63, 3.8) is 0 Å². The van der Waals surface area contributed by atoms with Crippen LogP contribution in [0, 0.1) is 0 Å². The molecule has 1 unspecified atom stereocenters. The number of carboxylic acids is 1. The van der Waals surface area contributed by atoms with Crippen molar-refractivity contribution in [2.75, 3.05) is 39.1 Å². The lowest BCUT2D eigenvalue weighted by molar-refractivity contribution is 0.0649. The van der Waals surface area contributed by atoms with E-state index < -0.39 is 5.97 Å². The topological polar surface area (TPSA) is 66.2 Å². The lowest BCUT2D eigenvalue weighted by Crippen LogP contribution is -2.43. The molecule has 2 rings (SSSR count). The van der Waals surface area contributed by atoms with Gasteiger partial charge in [-0.15, -0.1) is 0 Å². The van der Waals surface area contributed by atoms with Crippen molar-refractivity contribution in [1.29, 1.82) is 0 Å². The summed E-state index contributed by atoms with van der Waals surface area (Å²) in [7, 11) is 5.80. The van der Waals surface area contributed by atoms with Gasteiger partial charge in [-0.1, -0.05) is 0 Å². The van der Waals surface area contributed by atoms with Crippen molar-refractivity contribution in [2.24, 2.45) is 0 Å². The summed E-state index contributed by atoms with van der Waals surface area (Å²) in [4.78, 5) is 14.9. The number of carboxylic acid groups (broad SMARTS) is 1. The Kier molecular flexibility index (Phi) is 2.97. The van der Waals surface area contributed by atoms with Gasteiger partial charge in [0.15, 0.2) is 5.75 Å². The highest BCUT2D eigenvalue weighted by Crippen LogP contribution is 2.37. The third-order valence-corrected chi connectivity index (χ3v) is 2.66. The number of likely N-dealkylation sites (N-methyl/N-ethyl adjacent to an activating group) is 2. The number of furan rings is 1. The van der Waals surface area contributed by atoms with Crippen molar-refractivity contribution >= 4 is 11.7 Å². The number of hydrogen-bond acceptors (Lipinski definition) is 5. The van der Waals surface area contributed by atoms with Crippen molar-refractivity contribution in [3.8, 4) is 5.75 Å². The van der Waals surface area contributed by atoms with E-state index in [-0.39, 0.29) is 11.9 Å². The van der Waals surface area contributed by atoms with Crippen LogP contribution in [-0.4, -0.2) is 56.3 Å². The lowest BCUT2D eigenvalue weighted by Gasteiger charge is -2.32. The molecular formula is C11H16N2O4. The number of nitrogens with zero attached hydrogens (tertiary/aromatic N) is 2. The maximum atomic E-state index is 11.0. The highest BCUT2D eigenvalue weighted by atomic mass is 16.5. The Morgan fingerprint density at radius 1 is 1.65 bits per heavy atom. The molecule has 0 amide bonds. The Balaban J connectivity index is 2.26. The molecule has 0 spiro atoms. The second-order valence-corrected chi connectivity index (χ2v) is 4.47. The average molecular weight is 240 g/mol. The monoisotopic (exact) mass is 240 g/mol. The second kappa shape index (κ2) is 4.29. The van der Waals surface area contributed by atoms with Crippen LogP contribution in [-0.2, 0) is 0 Å². The van der Waals surface area contributed by atoms with Crippen LogP contribution in [0.4, 0.5) is 5.69 Å². The summed E-state index contributed by atoms with van der Waals surface area (Å²) in [6, 6.07) is 0. The first-order chi connectivity index (χ1) is 7.99. The number of fused-ring (bicyclic) bond motifs is 1. The predicted molar refractivity (Wildman–Crippen MR) is 61.9 cm³/mol. The molecule has 1 aliphatic rings. The van der Waals surface area contributed by atoms with Crippen LogP contribution in [0.15, 0.2) is 10.7 Å². The van der Waals surface area contributed by atoms with Crippen molar-refractivity contribution < 1.29 is 19.1 Å². The van der Waals surface area contributed by atoms with E-state index in [9.17, 15) is 4.79 Å². The minimum Gasteiger partial charge on any atom is -0.481 e. The molecule has 0 fully saturated rings. The predicted octanol–water partition coefficient (Wildman–Crippen LogP) is 0.737. The standard InChI is InChI=1S/C11H16N2O4/c1-12(2)4-7-5-13(3)8-6-16-10(11(14)15)9(8)17-7/h6-7H,4-5H2,1-3H3,(H,14,15). The molecule has 0 bridgehead atoms. The molecule has 2 heterocycles. The minimum atomic E-state index is -1.11. The van der Waals surface area contributed by atoms with Gasteiger partial charge >= 0.3 is 5.97 Å². The summed E-state index contributed by atoms with van der Waals surface area (Å²) in [6.07, 6.45) is 1.36. The van der Waals surface area contributed by atoms with E-state index in [4.69, 9.17) is 14.3 Å². The molecule has 1 aromatic rings. The normalized spacial score (nSPS) is 19.1. The number of rotatable bonds is 3. The molecule has 0 radical (unpaired) electrons. The molecule has 0 saturated heterocycles. The van der Waals surface area contributed by atoms with Crippen LogP contribution < -0.4 is 9.64 Å². The van der Waals surface area contributed by atoms with Crippen LogP contribution in [0.1, 0.15) is 10.6 Å². The molecule has 1 atom stereocenters. The van der Waals surface area contributed by atoms with Gasteiger partial charge in [-0.3, -0.25) is 0 Å². The molecule has 6 heteroatoms. The van der Waals surface area contributed by atoms with E-state index in [1.54, 1.807) is 0 Å². The smallest absolute Gasteiger partial charge is 0.375 e. The Bertz CT molecular complexity index is 427. The van der Waals surface area contributed by atoms with Gasteiger partial charge in [0.05, 0.1) is 6.54 Å². The Morgan fingerprint density at radius 2 is 2.35 bits per heavy atom. The van der Waals surface area contributed by atoms with E-state index in [0.717, 1.165) is 6.54 Å². The molecule has 0 aromatic carbocycles. The Morgan fingerprint density at radius 3 is 2.94 bits per heavy atom. The molecule has 1 aromatic heterocycles. The van der Waals surface area contributed by atoms with E-state index >= 15 is 0 Å². The highest BCUT2D eigenvalue weighted by Gasteiger charge is 2.31. The van der Waals surface area contributed by atoms with Gasteiger partial charge in [-0.05, 0) is 14.1 Å². The molecule has 17 heavy (non-hydrogen) atoms. The van der Waals surface area contributed by atoms with Crippen molar-refractivity contribution in [3.05, 3.63) is 12.0 Å². The number of anilines is 1. The highest BCUT2D eigenvalue weighted by molar-refractivity contribution is 5.90. The van der Waals surface area contributed by atoms with E-state index in [1.807, 2.05) is 30.9 Å². The SMILES string of the molecule is CN(C)CC1CN(C)c2coc(C(=O)O)c2O1. The zero-order valence-electron chi connectivity index (χ0n) is 10.1. The first-order valence-electron chi connectivity index (χ1n) is 5.36. The van der Waals surface area contributed by atoms with Crippen LogP contribution in [0.5, 0.6) is 5.75 Å². The molecule has 1 N–H and O–H groups in total. The first kappa shape index (κ1) is 11.8. The van der Waals surface area contributed by atoms with Gasteiger partial charge in [0, 0.05) is 13.6 Å². The summed E-state index contributed by atoms with van der Waals surface area (Å²) in [5, 5.41) is 8.98. The molecule has 6 nitrogen and oxygen atoms in total. The zero-order chi connectivity index (χ0) is 12.6. The summed E-state index contributed by atoms with van der Waals surface area (Å²) >= 11 is 0. The zero-order valence-corrected chi connectivity index (χ0v) is 10.1. The van der Waals surface area contributed by atoms with Gasteiger partial charge in [-0.25, -0.2) is 4.79 Å². The molecule has 0 saturated carbocycles. The van der Waals surface area contributed by atoms with Crippen LogP contribution in [0.2, 0.25) is 0 Å². The van der Waals surface area contributed by atoms with Crippen LogP contribution >= 0.6 is 0 Å². The molecule has 0 aliphatic carbocycles. The summed E-state index contributed by atoms with van der Waals surface area (Å²) in [5.41, 5.74) is 0.692. The lowest BCUT2D eigenvalue weighted by atomic mass is 10.2. The first-order valence-corrected chi connectivity index (χ1v) is 5.36. The second-order valence-electron chi connectivity index (χ2n) is 4.47. The van der Waals surface area contributed by atoms with E-state index in [2.05, 4.69) is 0 Å². The number of hydrogen-bond donors (Lipinski definition) is 1. The van der Waals surface area contributed by atoms with Gasteiger partial charge < -0.3 is 24.1 Å². The molecular weight excluding hydrogens is 224 g/mol. The van der Waals surface area contributed by atoms with Crippen molar-refractivity contribution in [2.45, 2.75) is 6.10 Å². The summed E-state index contributed by atoms with van der Waals surface area (Å²) < 4.78 is 10.7. The Hall–Kier alpha value is -1.69. The van der Waals surface area contributed by atoms with Gasteiger partial charge in [0.2, 0.25) is 0 Å². The fourth-order valence-corrected chi connectivity index (χ4v) is 1.97. The maximum Gasteiger partial charge on any atom is 0.375 e. The minimum absolute atomic E-state index is 0.0572. The Labute approximate surface area is 99.4 Å². The quantitative estimate of drug-likeness (QED) is 0.840. The number of carbonyl (C=O) groups is 1. The summed E-state index contributed by atoms with van der Waals surface area (Å²) in [6.45, 7) is 1.44. The van der Waals surface area contributed by atoms with E-state index in [1.165, 1.54) is 6.26 Å². The molecule has 1 aliphatic heterocycles. The van der Waals surface area contributed by atoms with Gasteiger partial charge in [0.25, 0.3) is 5.76 Å². The van der Waals surface area contributed by atoms with Crippen molar-refractivity contribution in [1.82, 2.24) is 4.90 Å². The van der Waals surface area contributed by atoms with E-state index in [0.29, 0.717) is 18.0 Å². The fraction of sp³-hybridized carbons (Fsp3) is 0.545. The van der Waals surface area contributed by atoms with Gasteiger partial charge in [0.1, 0.15) is 18.1 Å². The fourth-order valence-electron chi connectivity index (χ4n) is 1.97. The summed E-state index contributed by atoms with van der Waals surface area (Å²) in [5.74, 6) is -0.904. The number of aromatic carboxylic acids is 1. The van der Waals surface area contributed by atoms with Crippen LogP contribution in [0.3, 0.4) is 0 Å². The third kappa shape index (κ3) is 2.21. The molecule has 94 valence electrons. The third-order valence-electron chi connectivity index (χ3n) is 2.66. The maximum absolute atomic E-state index is 11.0. The largest absolute Gasteiger partial charge is 0.481 e. The number of ether oxygens (including phenoxy) is 1. The van der Waals surface area contributed by atoms with Gasteiger partial charge in [-0.2, -0.15) is 0 Å².